The monoisotopic (exact) mass is 548 g/mol. The molecule has 0 spiro atoms. The normalized spacial score (nSPS) is 20.0. The zero-order valence-electron chi connectivity index (χ0n) is 20.2. The van der Waals surface area contributed by atoms with Gasteiger partial charge < -0.3 is 20.1 Å². The summed E-state index contributed by atoms with van der Waals surface area (Å²) in [6, 6.07) is 5.65. The van der Waals surface area contributed by atoms with E-state index in [1.807, 2.05) is 0 Å². The van der Waals surface area contributed by atoms with Crippen molar-refractivity contribution >= 4 is 40.2 Å². The molecule has 2 amide bonds. The van der Waals surface area contributed by atoms with Crippen LogP contribution in [0.1, 0.15) is 40.6 Å². The van der Waals surface area contributed by atoms with E-state index in [2.05, 4.69) is 15.2 Å². The molecule has 1 saturated carbocycles. The molecule has 3 aromatic rings. The molecule has 1 aromatic heterocycles. The van der Waals surface area contributed by atoms with Gasteiger partial charge >= 0.3 is 12.3 Å². The first-order chi connectivity index (χ1) is 18.3. The van der Waals surface area contributed by atoms with Crippen LogP contribution in [0.2, 0.25) is 0 Å². The highest BCUT2D eigenvalue weighted by atomic mass is 19.4. The molecule has 10 nitrogen and oxygen atoms in total. The summed E-state index contributed by atoms with van der Waals surface area (Å²) in [5, 5.41) is 16.2. The third-order valence-electron chi connectivity index (χ3n) is 6.76. The molecule has 2 aromatic carbocycles. The molecule has 14 heteroatoms. The minimum atomic E-state index is -5.14. The van der Waals surface area contributed by atoms with Crippen LogP contribution in [0.4, 0.5) is 23.2 Å². The number of carbonyl (C=O) groups excluding carboxylic acids is 3. The molecule has 1 aliphatic heterocycles. The number of alkyl halides is 3. The summed E-state index contributed by atoms with van der Waals surface area (Å²) in [4.78, 5) is 51.3. The maximum absolute atomic E-state index is 14.6. The fourth-order valence-corrected chi connectivity index (χ4v) is 4.97. The highest BCUT2D eigenvalue weighted by Crippen LogP contribution is 2.48. The summed E-state index contributed by atoms with van der Waals surface area (Å²) < 4.78 is 57.1. The van der Waals surface area contributed by atoms with E-state index in [0.29, 0.717) is 11.8 Å². The van der Waals surface area contributed by atoms with Crippen molar-refractivity contribution in [1.82, 2.24) is 14.7 Å². The third-order valence-corrected chi connectivity index (χ3v) is 6.76. The summed E-state index contributed by atoms with van der Waals surface area (Å²) in [5.74, 6) is -5.46. The van der Waals surface area contributed by atoms with Crippen LogP contribution in [-0.2, 0) is 16.1 Å². The van der Waals surface area contributed by atoms with Gasteiger partial charge in [-0.05, 0) is 49.1 Å². The number of nitrogens with zero attached hydrogens (tertiary/aromatic N) is 3. The lowest BCUT2D eigenvalue weighted by molar-refractivity contribution is -0.275. The SMILES string of the molecule is CC(=O)c1nn(CC(=O)N2[C@@H]3C[C@@H]3C[C@H]2C(=O)Nc2cccc(OC(F)(F)F)c2F)c2cc(C(=O)O)ccc12. The minimum Gasteiger partial charge on any atom is -0.478 e. The number of carboxylic acids is 1. The molecular weight excluding hydrogens is 528 g/mol. The molecule has 0 radical (unpaired) electrons. The number of hydrogen-bond acceptors (Lipinski definition) is 6. The number of piperidine rings is 1. The molecular formula is C25H20F4N4O6. The number of carbonyl (C=O) groups is 4. The van der Waals surface area contributed by atoms with Crippen molar-refractivity contribution in [2.24, 2.45) is 5.92 Å². The Bertz CT molecular complexity index is 1530. The standard InChI is InChI=1S/C25H20F4N4O6/c1-11(34)22-14-6-5-12(24(37)38)7-17(14)32(31-22)10-20(35)33-16-8-13(16)9-18(33)23(36)30-15-3-2-4-19(21(15)26)39-25(27,28)29/h2-7,13,16,18H,8-10H2,1H3,(H,30,36)(H,37,38)/t13-,16-,18+/m1/s1. The van der Waals surface area contributed by atoms with Crippen molar-refractivity contribution in [3.05, 3.63) is 53.5 Å². The zero-order chi connectivity index (χ0) is 28.2. The number of likely N-dealkylation sites (tertiary alicyclic amines) is 1. The molecule has 204 valence electrons. The predicted molar refractivity (Wildman–Crippen MR) is 126 cm³/mol. The Hall–Kier alpha value is -4.49. The number of Topliss-reactive ketones (excluding diaryl/α,β-unsaturated/α-hetero) is 1. The molecule has 1 aliphatic carbocycles. The molecule has 1 saturated heterocycles. The summed E-state index contributed by atoms with van der Waals surface area (Å²) in [6.45, 7) is 0.867. The van der Waals surface area contributed by atoms with Gasteiger partial charge in [0, 0.05) is 18.4 Å². The molecule has 0 unspecified atom stereocenters. The third kappa shape index (κ3) is 5.01. The highest BCUT2D eigenvalue weighted by Gasteiger charge is 2.56. The molecule has 5 rings (SSSR count). The van der Waals surface area contributed by atoms with E-state index in [9.17, 15) is 41.8 Å². The van der Waals surface area contributed by atoms with Crippen molar-refractivity contribution in [3.63, 3.8) is 0 Å². The first kappa shape index (κ1) is 26.1. The number of anilines is 1. The average Bonchev–Trinajstić information content (AvgIpc) is 3.36. The topological polar surface area (TPSA) is 131 Å². The summed E-state index contributed by atoms with van der Waals surface area (Å²) in [6.07, 6.45) is -4.23. The number of benzene rings is 2. The molecule has 3 atom stereocenters. The van der Waals surface area contributed by atoms with Gasteiger partial charge in [-0.15, -0.1) is 13.2 Å². The largest absolute Gasteiger partial charge is 0.573 e. The molecule has 0 bridgehead atoms. The van der Waals surface area contributed by atoms with Crippen LogP contribution in [0.15, 0.2) is 36.4 Å². The Morgan fingerprint density at radius 1 is 1.15 bits per heavy atom. The van der Waals surface area contributed by atoms with Gasteiger partial charge in [0.1, 0.15) is 18.3 Å². The predicted octanol–water partition coefficient (Wildman–Crippen LogP) is 3.60. The first-order valence-corrected chi connectivity index (χ1v) is 11.7. The smallest absolute Gasteiger partial charge is 0.478 e. The van der Waals surface area contributed by atoms with Crippen LogP contribution in [0, 0.1) is 11.7 Å². The maximum atomic E-state index is 14.6. The number of aromatic nitrogens is 2. The number of halogens is 4. The van der Waals surface area contributed by atoms with Crippen LogP contribution in [-0.4, -0.2) is 61.8 Å². The Labute approximate surface area is 217 Å². The first-order valence-electron chi connectivity index (χ1n) is 11.7. The Morgan fingerprint density at radius 3 is 2.56 bits per heavy atom. The van der Waals surface area contributed by atoms with E-state index in [0.717, 1.165) is 18.2 Å². The molecule has 2 heterocycles. The lowest BCUT2D eigenvalue weighted by Gasteiger charge is -2.27. The van der Waals surface area contributed by atoms with Crippen molar-refractivity contribution in [1.29, 1.82) is 0 Å². The number of hydrogen-bond donors (Lipinski definition) is 2. The Morgan fingerprint density at radius 2 is 1.90 bits per heavy atom. The van der Waals surface area contributed by atoms with Gasteiger partial charge in [0.25, 0.3) is 0 Å². The molecule has 2 N–H and O–H groups in total. The second-order valence-electron chi connectivity index (χ2n) is 9.37. The summed E-state index contributed by atoms with van der Waals surface area (Å²) >= 11 is 0. The van der Waals surface area contributed by atoms with Gasteiger partial charge in [0.05, 0.1) is 16.8 Å². The fourth-order valence-electron chi connectivity index (χ4n) is 4.97. The maximum Gasteiger partial charge on any atom is 0.573 e. The molecule has 39 heavy (non-hydrogen) atoms. The number of rotatable bonds is 7. The molecule has 2 aliphatic rings. The lowest BCUT2D eigenvalue weighted by Crippen LogP contribution is -2.46. The fraction of sp³-hybridized carbons (Fsp3) is 0.320. The number of ketones is 1. The van der Waals surface area contributed by atoms with Gasteiger partial charge in [-0.2, -0.15) is 5.10 Å². The van der Waals surface area contributed by atoms with Gasteiger partial charge in [0.2, 0.25) is 11.8 Å². The van der Waals surface area contributed by atoms with Gasteiger partial charge in [-0.1, -0.05) is 6.07 Å². The lowest BCUT2D eigenvalue weighted by atomic mass is 10.1. The zero-order valence-corrected chi connectivity index (χ0v) is 20.2. The second-order valence-corrected chi connectivity index (χ2v) is 9.37. The number of amides is 2. The number of aromatic carboxylic acids is 1. The van der Waals surface area contributed by atoms with E-state index >= 15 is 0 Å². The van der Waals surface area contributed by atoms with Crippen LogP contribution in [0.5, 0.6) is 5.75 Å². The van der Waals surface area contributed by atoms with Gasteiger partial charge in [0.15, 0.2) is 17.3 Å². The quantitative estimate of drug-likeness (QED) is 0.341. The van der Waals surface area contributed by atoms with Crippen LogP contribution in [0.3, 0.4) is 0 Å². The van der Waals surface area contributed by atoms with Crippen molar-refractivity contribution < 1.29 is 46.6 Å². The summed E-state index contributed by atoms with van der Waals surface area (Å²) in [7, 11) is 0. The van der Waals surface area contributed by atoms with Crippen molar-refractivity contribution in [2.45, 2.75) is 44.8 Å². The van der Waals surface area contributed by atoms with E-state index < -0.39 is 59.8 Å². The van der Waals surface area contributed by atoms with Crippen molar-refractivity contribution in [2.75, 3.05) is 5.32 Å². The summed E-state index contributed by atoms with van der Waals surface area (Å²) in [5.41, 5.74) is -0.332. The number of nitrogens with one attached hydrogen (secondary N) is 1. The van der Waals surface area contributed by atoms with E-state index in [4.69, 9.17) is 0 Å². The highest BCUT2D eigenvalue weighted by molar-refractivity contribution is 6.06. The number of ether oxygens (including phenoxy) is 1. The Balaban J connectivity index is 1.39. The minimum absolute atomic E-state index is 0.0233. The van der Waals surface area contributed by atoms with Crippen LogP contribution < -0.4 is 10.1 Å². The van der Waals surface area contributed by atoms with Crippen LogP contribution in [0.25, 0.3) is 10.9 Å². The van der Waals surface area contributed by atoms with Crippen LogP contribution >= 0.6 is 0 Å². The van der Waals surface area contributed by atoms with Crippen molar-refractivity contribution in [3.8, 4) is 5.75 Å². The second kappa shape index (κ2) is 9.36. The number of fused-ring (bicyclic) bond motifs is 2. The van der Waals surface area contributed by atoms with Gasteiger partial charge in [-0.3, -0.25) is 19.1 Å². The Kier molecular flexibility index (Phi) is 6.27. The molecule has 2 fully saturated rings. The van der Waals surface area contributed by atoms with E-state index in [1.165, 1.54) is 34.7 Å². The van der Waals surface area contributed by atoms with E-state index in [-0.39, 0.29) is 35.2 Å². The number of carboxylic acid groups (broad SMARTS) is 1. The van der Waals surface area contributed by atoms with E-state index in [1.54, 1.807) is 0 Å². The van der Waals surface area contributed by atoms with Gasteiger partial charge in [-0.25, -0.2) is 9.18 Å². The average molecular weight is 548 g/mol.